The Morgan fingerprint density at radius 1 is 0.857 bits per heavy atom. The second kappa shape index (κ2) is 11.9. The van der Waals surface area contributed by atoms with Gasteiger partial charge in [-0.1, -0.05) is 30.3 Å². The van der Waals surface area contributed by atoms with Gasteiger partial charge in [-0.15, -0.1) is 0 Å². The minimum Gasteiger partial charge on any atom is -0.493 e. The number of fused-ring (bicyclic) bond motifs is 1. The number of hydrogen-bond donors (Lipinski definition) is 1. The van der Waals surface area contributed by atoms with E-state index in [1.54, 1.807) is 48.5 Å². The maximum absolute atomic E-state index is 14.1. The Kier molecular flexibility index (Phi) is 7.96. The minimum absolute atomic E-state index is 0.0196. The number of nitrogen functional groups attached to an aromatic ring is 1. The van der Waals surface area contributed by atoms with E-state index in [1.807, 2.05) is 30.3 Å². The molecule has 0 aliphatic carbocycles. The van der Waals surface area contributed by atoms with Crippen molar-refractivity contribution in [1.29, 1.82) is 0 Å². The molecule has 10 heteroatoms. The predicted octanol–water partition coefficient (Wildman–Crippen LogP) is 5.03. The SMILES string of the molecule is COC(=O)c1c(-c2cc(OC)c(OC)c(OC)c2)c2ccc(OCc3ccccc3)nc2c(=O)n1-c1ccc(N)cc1. The Balaban J connectivity index is 1.85. The summed E-state index contributed by atoms with van der Waals surface area (Å²) in [7, 11) is 5.74. The summed E-state index contributed by atoms with van der Waals surface area (Å²) >= 11 is 0. The molecular formula is C32H29N3O7. The van der Waals surface area contributed by atoms with E-state index in [0.29, 0.717) is 45.1 Å². The van der Waals surface area contributed by atoms with Crippen molar-refractivity contribution in [2.24, 2.45) is 0 Å². The zero-order valence-corrected chi connectivity index (χ0v) is 23.5. The molecule has 0 spiro atoms. The molecule has 0 atom stereocenters. The first-order valence-electron chi connectivity index (χ1n) is 12.9. The molecule has 5 aromatic rings. The van der Waals surface area contributed by atoms with Gasteiger partial charge < -0.3 is 29.4 Å². The number of ether oxygens (including phenoxy) is 5. The van der Waals surface area contributed by atoms with Gasteiger partial charge in [0.2, 0.25) is 11.6 Å². The molecule has 0 aliphatic rings. The summed E-state index contributed by atoms with van der Waals surface area (Å²) in [6.45, 7) is 0.255. The second-order valence-electron chi connectivity index (χ2n) is 9.18. The smallest absolute Gasteiger partial charge is 0.355 e. The van der Waals surface area contributed by atoms with E-state index in [2.05, 4.69) is 4.98 Å². The molecule has 214 valence electrons. The number of aromatic nitrogens is 2. The van der Waals surface area contributed by atoms with Crippen molar-refractivity contribution in [1.82, 2.24) is 9.55 Å². The van der Waals surface area contributed by atoms with Crippen molar-refractivity contribution in [2.75, 3.05) is 34.2 Å². The summed E-state index contributed by atoms with van der Waals surface area (Å²) in [6, 6.07) is 22.9. The van der Waals surface area contributed by atoms with Crippen LogP contribution < -0.4 is 30.2 Å². The predicted molar refractivity (Wildman–Crippen MR) is 159 cm³/mol. The minimum atomic E-state index is -0.737. The van der Waals surface area contributed by atoms with E-state index in [-0.39, 0.29) is 23.7 Å². The third kappa shape index (κ3) is 5.17. The standard InChI is InChI=1S/C32H29N3O7/c1-38-24-16-20(17-25(39-2)30(24)40-3)27-23-14-15-26(42-18-19-8-6-5-7-9-19)34-28(23)31(36)35(29(27)32(37)41-4)22-12-10-21(33)11-13-22/h5-17H,18,33H2,1-4H3. The number of carbonyl (C=O) groups is 1. The van der Waals surface area contributed by atoms with Crippen molar-refractivity contribution in [3.05, 3.63) is 100 Å². The lowest BCUT2D eigenvalue weighted by Gasteiger charge is -2.20. The number of anilines is 1. The van der Waals surface area contributed by atoms with E-state index >= 15 is 0 Å². The molecule has 0 fully saturated rings. The molecule has 10 nitrogen and oxygen atoms in total. The number of carbonyl (C=O) groups excluding carboxylic acids is 1. The molecular weight excluding hydrogens is 538 g/mol. The zero-order chi connectivity index (χ0) is 29.8. The Morgan fingerprint density at radius 2 is 1.52 bits per heavy atom. The van der Waals surface area contributed by atoms with Crippen LogP contribution in [0.25, 0.3) is 27.7 Å². The van der Waals surface area contributed by atoms with Gasteiger partial charge in [0.1, 0.15) is 17.8 Å². The molecule has 0 aliphatic heterocycles. The van der Waals surface area contributed by atoms with Crippen LogP contribution in [0.4, 0.5) is 5.69 Å². The number of esters is 1. The van der Waals surface area contributed by atoms with Gasteiger partial charge in [0, 0.05) is 28.4 Å². The van der Waals surface area contributed by atoms with Crippen molar-refractivity contribution >= 4 is 22.6 Å². The monoisotopic (exact) mass is 567 g/mol. The highest BCUT2D eigenvalue weighted by Crippen LogP contribution is 2.43. The van der Waals surface area contributed by atoms with Crippen LogP contribution in [0.2, 0.25) is 0 Å². The molecule has 0 saturated carbocycles. The van der Waals surface area contributed by atoms with Crippen LogP contribution in [-0.2, 0) is 11.3 Å². The van der Waals surface area contributed by atoms with Crippen molar-refractivity contribution in [2.45, 2.75) is 6.61 Å². The first kappa shape index (κ1) is 28.0. The van der Waals surface area contributed by atoms with Gasteiger partial charge in [-0.25, -0.2) is 9.78 Å². The quantitative estimate of drug-likeness (QED) is 0.193. The van der Waals surface area contributed by atoms with Crippen LogP contribution in [0.1, 0.15) is 16.1 Å². The number of pyridine rings is 2. The Morgan fingerprint density at radius 3 is 2.12 bits per heavy atom. The van der Waals surface area contributed by atoms with E-state index in [1.165, 1.54) is 33.0 Å². The molecule has 0 unspecified atom stereocenters. The maximum atomic E-state index is 14.1. The lowest BCUT2D eigenvalue weighted by molar-refractivity contribution is 0.0591. The van der Waals surface area contributed by atoms with Gasteiger partial charge in [0.25, 0.3) is 5.56 Å². The fourth-order valence-corrected chi connectivity index (χ4v) is 4.74. The van der Waals surface area contributed by atoms with Crippen LogP contribution in [0.5, 0.6) is 23.1 Å². The number of benzene rings is 3. The highest BCUT2D eigenvalue weighted by molar-refractivity contribution is 6.06. The Hall–Kier alpha value is -5.51. The zero-order valence-electron chi connectivity index (χ0n) is 23.5. The first-order chi connectivity index (χ1) is 20.4. The summed E-state index contributed by atoms with van der Waals surface area (Å²) in [6.07, 6.45) is 0. The van der Waals surface area contributed by atoms with Crippen LogP contribution in [0.3, 0.4) is 0 Å². The van der Waals surface area contributed by atoms with Crippen LogP contribution >= 0.6 is 0 Å². The number of methoxy groups -OCH3 is 4. The normalized spacial score (nSPS) is 10.8. The van der Waals surface area contributed by atoms with Gasteiger partial charge in [-0.05, 0) is 53.6 Å². The van der Waals surface area contributed by atoms with E-state index < -0.39 is 11.5 Å². The Bertz CT molecular complexity index is 1790. The lowest BCUT2D eigenvalue weighted by Crippen LogP contribution is -2.27. The van der Waals surface area contributed by atoms with Gasteiger partial charge in [0.05, 0.1) is 28.4 Å². The van der Waals surface area contributed by atoms with Crippen molar-refractivity contribution in [3.63, 3.8) is 0 Å². The first-order valence-corrected chi connectivity index (χ1v) is 12.9. The molecule has 5 rings (SSSR count). The fourth-order valence-electron chi connectivity index (χ4n) is 4.74. The van der Waals surface area contributed by atoms with Crippen molar-refractivity contribution in [3.8, 4) is 39.9 Å². The topological polar surface area (TPSA) is 124 Å². The molecule has 3 aromatic carbocycles. The summed E-state index contributed by atoms with van der Waals surface area (Å²) in [5, 5.41) is 0.397. The maximum Gasteiger partial charge on any atom is 0.355 e. The molecule has 2 heterocycles. The van der Waals surface area contributed by atoms with Gasteiger partial charge in [0.15, 0.2) is 11.5 Å². The average molecular weight is 568 g/mol. The fraction of sp³-hybridized carbons (Fsp3) is 0.156. The highest BCUT2D eigenvalue weighted by atomic mass is 16.5. The summed E-state index contributed by atoms with van der Waals surface area (Å²) in [5.74, 6) is 0.593. The number of rotatable bonds is 9. The summed E-state index contributed by atoms with van der Waals surface area (Å²) < 4.78 is 29.1. The average Bonchev–Trinajstić information content (AvgIpc) is 3.03. The number of nitrogens with zero attached hydrogens (tertiary/aromatic N) is 2. The molecule has 42 heavy (non-hydrogen) atoms. The lowest BCUT2D eigenvalue weighted by atomic mass is 9.97. The highest BCUT2D eigenvalue weighted by Gasteiger charge is 2.28. The van der Waals surface area contributed by atoms with E-state index in [0.717, 1.165) is 5.56 Å². The summed E-state index contributed by atoms with van der Waals surface area (Å²) in [5.41, 5.74) is 8.13. The van der Waals surface area contributed by atoms with E-state index in [9.17, 15) is 9.59 Å². The second-order valence-corrected chi connectivity index (χ2v) is 9.18. The van der Waals surface area contributed by atoms with Crippen LogP contribution in [0.15, 0.2) is 83.7 Å². The Labute approximate surface area is 241 Å². The van der Waals surface area contributed by atoms with Gasteiger partial charge >= 0.3 is 5.97 Å². The van der Waals surface area contributed by atoms with Crippen LogP contribution in [-0.4, -0.2) is 44.0 Å². The number of hydrogen-bond acceptors (Lipinski definition) is 9. The van der Waals surface area contributed by atoms with Crippen LogP contribution in [0, 0.1) is 0 Å². The molecule has 2 N–H and O–H groups in total. The molecule has 0 saturated heterocycles. The molecule has 0 amide bonds. The molecule has 2 aromatic heterocycles. The largest absolute Gasteiger partial charge is 0.493 e. The molecule has 0 radical (unpaired) electrons. The summed E-state index contributed by atoms with van der Waals surface area (Å²) in [4.78, 5) is 32.2. The number of nitrogens with two attached hydrogens (primary N) is 1. The van der Waals surface area contributed by atoms with E-state index in [4.69, 9.17) is 29.4 Å². The van der Waals surface area contributed by atoms with Gasteiger partial charge in [-0.2, -0.15) is 0 Å². The third-order valence-electron chi connectivity index (χ3n) is 6.72. The van der Waals surface area contributed by atoms with Crippen molar-refractivity contribution < 1.29 is 28.5 Å². The molecule has 0 bridgehead atoms. The van der Waals surface area contributed by atoms with Gasteiger partial charge in [-0.3, -0.25) is 9.36 Å². The third-order valence-corrected chi connectivity index (χ3v) is 6.72.